The van der Waals surface area contributed by atoms with Crippen LogP contribution in [0.4, 0.5) is 0 Å². The maximum absolute atomic E-state index is 11.3. The minimum Gasteiger partial charge on any atom is -0.463 e. The SMILES string of the molecule is C/C=C/CCCOC(=O)C=Cc1ccccc1. The monoisotopic (exact) mass is 230 g/mol. The highest BCUT2D eigenvalue weighted by Gasteiger charge is 1.95. The third kappa shape index (κ3) is 6.36. The Kier molecular flexibility index (Phi) is 6.49. The summed E-state index contributed by atoms with van der Waals surface area (Å²) in [4.78, 5) is 11.3. The third-order valence-corrected chi connectivity index (χ3v) is 2.21. The zero-order chi connectivity index (χ0) is 12.3. The second kappa shape index (κ2) is 8.34. The van der Waals surface area contributed by atoms with E-state index in [4.69, 9.17) is 4.74 Å². The van der Waals surface area contributed by atoms with Gasteiger partial charge in [0, 0.05) is 6.08 Å². The number of hydrogen-bond acceptors (Lipinski definition) is 2. The van der Waals surface area contributed by atoms with Gasteiger partial charge in [0.05, 0.1) is 6.61 Å². The maximum Gasteiger partial charge on any atom is 0.330 e. The van der Waals surface area contributed by atoms with Crippen molar-refractivity contribution in [2.45, 2.75) is 19.8 Å². The molecule has 0 N–H and O–H groups in total. The predicted molar refractivity (Wildman–Crippen MR) is 70.5 cm³/mol. The van der Waals surface area contributed by atoms with E-state index >= 15 is 0 Å². The van der Waals surface area contributed by atoms with E-state index in [0.717, 1.165) is 18.4 Å². The zero-order valence-electron chi connectivity index (χ0n) is 10.1. The molecule has 0 unspecified atom stereocenters. The Balaban J connectivity index is 2.23. The summed E-state index contributed by atoms with van der Waals surface area (Å²) in [7, 11) is 0. The molecule has 0 spiro atoms. The number of carbonyl (C=O) groups excluding carboxylic acids is 1. The average molecular weight is 230 g/mol. The molecule has 0 radical (unpaired) electrons. The number of esters is 1. The minimum atomic E-state index is -0.283. The fourth-order valence-electron chi connectivity index (χ4n) is 1.32. The van der Waals surface area contributed by atoms with E-state index in [9.17, 15) is 4.79 Å². The Bertz CT molecular complexity index is 377. The first-order valence-electron chi connectivity index (χ1n) is 5.84. The topological polar surface area (TPSA) is 26.3 Å². The van der Waals surface area contributed by atoms with Crippen LogP contribution in [0.25, 0.3) is 6.08 Å². The highest BCUT2D eigenvalue weighted by molar-refractivity contribution is 5.86. The molecule has 17 heavy (non-hydrogen) atoms. The van der Waals surface area contributed by atoms with Crippen LogP contribution in [-0.4, -0.2) is 12.6 Å². The number of rotatable bonds is 6. The first-order valence-corrected chi connectivity index (χ1v) is 5.84. The van der Waals surface area contributed by atoms with Crippen LogP contribution in [0.2, 0.25) is 0 Å². The van der Waals surface area contributed by atoms with Crippen molar-refractivity contribution in [3.8, 4) is 0 Å². The molecule has 0 saturated carbocycles. The van der Waals surface area contributed by atoms with Gasteiger partial charge in [-0.25, -0.2) is 4.79 Å². The Morgan fingerprint density at radius 1 is 1.29 bits per heavy atom. The molecule has 0 atom stereocenters. The van der Waals surface area contributed by atoms with Gasteiger partial charge in [-0.05, 0) is 31.4 Å². The highest BCUT2D eigenvalue weighted by atomic mass is 16.5. The normalized spacial score (nSPS) is 11.1. The summed E-state index contributed by atoms with van der Waals surface area (Å²) in [6.07, 6.45) is 9.10. The zero-order valence-corrected chi connectivity index (χ0v) is 10.1. The van der Waals surface area contributed by atoms with Crippen molar-refractivity contribution >= 4 is 12.0 Å². The highest BCUT2D eigenvalue weighted by Crippen LogP contribution is 2.01. The van der Waals surface area contributed by atoms with E-state index in [1.54, 1.807) is 6.08 Å². The molecule has 2 heteroatoms. The van der Waals surface area contributed by atoms with Gasteiger partial charge in [-0.3, -0.25) is 0 Å². The van der Waals surface area contributed by atoms with E-state index in [1.165, 1.54) is 6.08 Å². The summed E-state index contributed by atoms with van der Waals surface area (Å²) in [6, 6.07) is 9.69. The lowest BCUT2D eigenvalue weighted by Crippen LogP contribution is -2.01. The molecular weight excluding hydrogens is 212 g/mol. The molecule has 90 valence electrons. The summed E-state index contributed by atoms with van der Waals surface area (Å²) in [6.45, 7) is 2.46. The van der Waals surface area contributed by atoms with Gasteiger partial charge < -0.3 is 4.74 Å². The van der Waals surface area contributed by atoms with Crippen LogP contribution in [0.15, 0.2) is 48.6 Å². The van der Waals surface area contributed by atoms with Crippen molar-refractivity contribution < 1.29 is 9.53 Å². The number of unbranched alkanes of at least 4 members (excludes halogenated alkanes) is 1. The molecule has 0 aliphatic carbocycles. The molecule has 0 bridgehead atoms. The molecule has 1 aromatic rings. The van der Waals surface area contributed by atoms with Crippen LogP contribution in [-0.2, 0) is 9.53 Å². The summed E-state index contributed by atoms with van der Waals surface area (Å²) in [5.41, 5.74) is 0.998. The lowest BCUT2D eigenvalue weighted by Gasteiger charge is -1.99. The smallest absolute Gasteiger partial charge is 0.330 e. The predicted octanol–water partition coefficient (Wildman–Crippen LogP) is 3.60. The molecule has 0 aliphatic heterocycles. The number of hydrogen-bond donors (Lipinski definition) is 0. The quantitative estimate of drug-likeness (QED) is 0.323. The molecule has 0 heterocycles. The second-order valence-electron chi connectivity index (χ2n) is 3.62. The molecule has 0 saturated heterocycles. The van der Waals surface area contributed by atoms with Crippen molar-refractivity contribution in [1.82, 2.24) is 0 Å². The lowest BCUT2D eigenvalue weighted by atomic mass is 10.2. The van der Waals surface area contributed by atoms with Gasteiger partial charge >= 0.3 is 5.97 Å². The van der Waals surface area contributed by atoms with Crippen molar-refractivity contribution in [3.63, 3.8) is 0 Å². The number of carbonyl (C=O) groups is 1. The first kappa shape index (κ1) is 13.2. The van der Waals surface area contributed by atoms with E-state index < -0.39 is 0 Å². The molecule has 2 nitrogen and oxygen atoms in total. The number of benzene rings is 1. The maximum atomic E-state index is 11.3. The van der Waals surface area contributed by atoms with Gasteiger partial charge in [-0.2, -0.15) is 0 Å². The van der Waals surface area contributed by atoms with Gasteiger partial charge in [-0.1, -0.05) is 42.5 Å². The van der Waals surface area contributed by atoms with Crippen LogP contribution < -0.4 is 0 Å². The molecule has 0 aromatic heterocycles. The number of allylic oxidation sites excluding steroid dienone is 2. The van der Waals surface area contributed by atoms with Crippen molar-refractivity contribution in [2.24, 2.45) is 0 Å². The Hall–Kier alpha value is -1.83. The van der Waals surface area contributed by atoms with Crippen LogP contribution >= 0.6 is 0 Å². The molecule has 1 rings (SSSR count). The van der Waals surface area contributed by atoms with Gasteiger partial charge in [0.25, 0.3) is 0 Å². The standard InChI is InChI=1S/C15H18O2/c1-2-3-4-8-13-17-15(16)12-11-14-9-6-5-7-10-14/h2-3,5-7,9-12H,4,8,13H2,1H3/b3-2+,12-11?. The van der Waals surface area contributed by atoms with Crippen LogP contribution in [0.1, 0.15) is 25.3 Å². The van der Waals surface area contributed by atoms with Gasteiger partial charge in [0.2, 0.25) is 0 Å². The molecule has 0 aliphatic rings. The summed E-state index contributed by atoms with van der Waals surface area (Å²) >= 11 is 0. The van der Waals surface area contributed by atoms with E-state index in [2.05, 4.69) is 6.08 Å². The lowest BCUT2D eigenvalue weighted by molar-refractivity contribution is -0.137. The van der Waals surface area contributed by atoms with Crippen molar-refractivity contribution in [3.05, 3.63) is 54.1 Å². The third-order valence-electron chi connectivity index (χ3n) is 2.21. The molecular formula is C15H18O2. The van der Waals surface area contributed by atoms with Gasteiger partial charge in [0.15, 0.2) is 0 Å². The Labute approximate surface area is 103 Å². The van der Waals surface area contributed by atoms with Gasteiger partial charge in [0.1, 0.15) is 0 Å². The second-order valence-corrected chi connectivity index (χ2v) is 3.62. The Morgan fingerprint density at radius 3 is 2.76 bits per heavy atom. The first-order chi connectivity index (χ1) is 8.33. The van der Waals surface area contributed by atoms with Gasteiger partial charge in [-0.15, -0.1) is 0 Å². The summed E-state index contributed by atoms with van der Waals surface area (Å²) in [5.74, 6) is -0.283. The van der Waals surface area contributed by atoms with Crippen LogP contribution in [0, 0.1) is 0 Å². The largest absolute Gasteiger partial charge is 0.463 e. The van der Waals surface area contributed by atoms with Crippen LogP contribution in [0.3, 0.4) is 0 Å². The molecule has 1 aromatic carbocycles. The van der Waals surface area contributed by atoms with Crippen LogP contribution in [0.5, 0.6) is 0 Å². The van der Waals surface area contributed by atoms with E-state index in [0.29, 0.717) is 6.61 Å². The molecule has 0 amide bonds. The van der Waals surface area contributed by atoms with E-state index in [1.807, 2.05) is 43.3 Å². The van der Waals surface area contributed by atoms with E-state index in [-0.39, 0.29) is 5.97 Å². The fraction of sp³-hybridized carbons (Fsp3) is 0.267. The Morgan fingerprint density at radius 2 is 2.06 bits per heavy atom. The average Bonchev–Trinajstić information content (AvgIpc) is 2.37. The summed E-state index contributed by atoms with van der Waals surface area (Å²) in [5, 5.41) is 0. The van der Waals surface area contributed by atoms with Crippen molar-refractivity contribution in [1.29, 1.82) is 0 Å². The fourth-order valence-corrected chi connectivity index (χ4v) is 1.32. The van der Waals surface area contributed by atoms with Crippen molar-refractivity contribution in [2.75, 3.05) is 6.61 Å². The number of ether oxygens (including phenoxy) is 1. The summed E-state index contributed by atoms with van der Waals surface area (Å²) < 4.78 is 5.05. The minimum absolute atomic E-state index is 0.283. The molecule has 0 fully saturated rings.